The minimum Gasteiger partial charge on any atom is -0.482 e. The highest BCUT2D eigenvalue weighted by molar-refractivity contribution is 7.07. The van der Waals surface area contributed by atoms with Crippen molar-refractivity contribution >= 4 is 40.2 Å². The van der Waals surface area contributed by atoms with Crippen molar-refractivity contribution in [1.29, 1.82) is 0 Å². The molecule has 0 unspecified atom stereocenters. The maximum Gasteiger partial charge on any atom is 0.262 e. The van der Waals surface area contributed by atoms with Crippen LogP contribution in [0.25, 0.3) is 11.3 Å². The third kappa shape index (κ3) is 4.10. The average molecular weight is 374 g/mol. The molecule has 3 rings (SSSR count). The van der Waals surface area contributed by atoms with Gasteiger partial charge in [0.1, 0.15) is 5.75 Å². The summed E-state index contributed by atoms with van der Waals surface area (Å²) in [7, 11) is 0. The van der Waals surface area contributed by atoms with E-state index in [0.717, 1.165) is 16.8 Å². The van der Waals surface area contributed by atoms with Crippen molar-refractivity contribution in [3.8, 4) is 17.0 Å². The Labute approximate surface area is 154 Å². The maximum atomic E-state index is 12.1. The van der Waals surface area contributed by atoms with Gasteiger partial charge in [-0.2, -0.15) is 0 Å². The number of anilines is 2. The maximum absolute atomic E-state index is 12.1. The number of nitrogens with two attached hydrogens (primary N) is 1. The Morgan fingerprint density at radius 1 is 1.36 bits per heavy atom. The van der Waals surface area contributed by atoms with E-state index in [4.69, 9.17) is 22.1 Å². The number of ether oxygens (including phenoxy) is 1. The van der Waals surface area contributed by atoms with E-state index < -0.39 is 0 Å². The zero-order valence-electron chi connectivity index (χ0n) is 13.5. The van der Waals surface area contributed by atoms with E-state index >= 15 is 0 Å². The minimum absolute atomic E-state index is 0.147. The number of carbonyl (C=O) groups excluding carboxylic acids is 1. The second kappa shape index (κ2) is 7.55. The summed E-state index contributed by atoms with van der Waals surface area (Å²) in [5, 5.41) is 5.32. The van der Waals surface area contributed by atoms with Crippen LogP contribution in [0, 0.1) is 6.92 Å². The second-order valence-corrected chi connectivity index (χ2v) is 6.50. The molecule has 0 atom stereocenters. The monoisotopic (exact) mass is 373 g/mol. The molecule has 0 spiro atoms. The Bertz CT molecular complexity index is 897. The number of hydrogen-bond acceptors (Lipinski definition) is 5. The van der Waals surface area contributed by atoms with Crippen LogP contribution in [0.4, 0.5) is 11.4 Å². The fraction of sp³-hybridized carbons (Fsp3) is 0.111. The molecule has 0 aliphatic carbocycles. The number of halogens is 1. The van der Waals surface area contributed by atoms with Gasteiger partial charge >= 0.3 is 0 Å². The van der Waals surface area contributed by atoms with Crippen LogP contribution in [0.3, 0.4) is 0 Å². The number of nitrogens with zero attached hydrogens (tertiary/aromatic N) is 1. The van der Waals surface area contributed by atoms with E-state index in [0.29, 0.717) is 22.1 Å². The topological polar surface area (TPSA) is 77.2 Å². The van der Waals surface area contributed by atoms with Crippen molar-refractivity contribution in [1.82, 2.24) is 4.98 Å². The molecular formula is C18H16ClN3O2S. The first-order chi connectivity index (χ1) is 12.0. The van der Waals surface area contributed by atoms with Crippen LogP contribution in [0.1, 0.15) is 5.56 Å². The zero-order valence-corrected chi connectivity index (χ0v) is 15.0. The molecule has 1 heterocycles. The van der Waals surface area contributed by atoms with E-state index in [-0.39, 0.29) is 12.5 Å². The number of aromatic nitrogens is 1. The summed E-state index contributed by atoms with van der Waals surface area (Å²) < 4.78 is 5.53. The highest BCUT2D eigenvalue weighted by Gasteiger charge is 2.10. The van der Waals surface area contributed by atoms with Crippen molar-refractivity contribution in [3.05, 3.63) is 57.9 Å². The predicted octanol–water partition coefficient (Wildman–Crippen LogP) is 4.37. The van der Waals surface area contributed by atoms with Crippen LogP contribution < -0.4 is 15.8 Å². The van der Waals surface area contributed by atoms with Crippen LogP contribution in [0.5, 0.6) is 5.75 Å². The Kier molecular flexibility index (Phi) is 5.21. The molecular weight excluding hydrogens is 358 g/mol. The molecule has 0 saturated carbocycles. The first-order valence-corrected chi connectivity index (χ1v) is 8.82. The smallest absolute Gasteiger partial charge is 0.262 e. The molecule has 1 amide bonds. The SMILES string of the molecule is Cc1c(Cl)cccc1NC(=O)COc1ccc(-c2cscn2)cc1N. The first-order valence-electron chi connectivity index (χ1n) is 7.50. The third-order valence-corrected chi connectivity index (χ3v) is 4.63. The Morgan fingerprint density at radius 2 is 2.20 bits per heavy atom. The lowest BCUT2D eigenvalue weighted by molar-refractivity contribution is -0.118. The van der Waals surface area contributed by atoms with Gasteiger partial charge in [0, 0.05) is 21.7 Å². The zero-order chi connectivity index (χ0) is 17.8. The molecule has 0 fully saturated rings. The molecule has 3 N–H and O–H groups in total. The van der Waals surface area contributed by atoms with Crippen molar-refractivity contribution in [3.63, 3.8) is 0 Å². The molecule has 0 aliphatic heterocycles. The van der Waals surface area contributed by atoms with E-state index in [1.165, 1.54) is 11.3 Å². The molecule has 0 saturated heterocycles. The normalized spacial score (nSPS) is 10.5. The number of amides is 1. The summed E-state index contributed by atoms with van der Waals surface area (Å²) in [6.07, 6.45) is 0. The lowest BCUT2D eigenvalue weighted by atomic mass is 10.1. The largest absolute Gasteiger partial charge is 0.482 e. The highest BCUT2D eigenvalue weighted by atomic mass is 35.5. The quantitative estimate of drug-likeness (QED) is 0.651. The summed E-state index contributed by atoms with van der Waals surface area (Å²) in [5.74, 6) is 0.172. The van der Waals surface area contributed by atoms with Crippen LogP contribution in [0.2, 0.25) is 5.02 Å². The van der Waals surface area contributed by atoms with Gasteiger partial charge in [0.2, 0.25) is 0 Å². The molecule has 0 aliphatic rings. The molecule has 3 aromatic rings. The molecule has 1 aromatic heterocycles. The van der Waals surface area contributed by atoms with E-state index in [1.807, 2.05) is 18.4 Å². The van der Waals surface area contributed by atoms with Gasteiger partial charge in [0.25, 0.3) is 5.91 Å². The van der Waals surface area contributed by atoms with Crippen LogP contribution in [-0.4, -0.2) is 17.5 Å². The Balaban J connectivity index is 1.63. The van der Waals surface area contributed by atoms with Crippen LogP contribution in [-0.2, 0) is 4.79 Å². The summed E-state index contributed by atoms with van der Waals surface area (Å²) >= 11 is 7.56. The minimum atomic E-state index is -0.284. The van der Waals surface area contributed by atoms with Crippen molar-refractivity contribution < 1.29 is 9.53 Å². The van der Waals surface area contributed by atoms with Gasteiger partial charge in [-0.1, -0.05) is 17.7 Å². The number of thiazole rings is 1. The fourth-order valence-electron chi connectivity index (χ4n) is 2.27. The summed E-state index contributed by atoms with van der Waals surface area (Å²) in [6, 6.07) is 10.7. The van der Waals surface area contributed by atoms with Gasteiger partial charge in [-0.25, -0.2) is 4.98 Å². The highest BCUT2D eigenvalue weighted by Crippen LogP contribution is 2.28. The Hall–Kier alpha value is -2.57. The number of hydrogen-bond donors (Lipinski definition) is 2. The molecule has 7 heteroatoms. The molecule has 0 radical (unpaired) electrons. The first kappa shape index (κ1) is 17.3. The lowest BCUT2D eigenvalue weighted by Crippen LogP contribution is -2.21. The molecule has 2 aromatic carbocycles. The van der Waals surface area contributed by atoms with Crippen molar-refractivity contribution in [2.75, 3.05) is 17.7 Å². The van der Waals surface area contributed by atoms with E-state index in [1.54, 1.807) is 35.8 Å². The standard InChI is InChI=1S/C18H16ClN3O2S/c1-11-13(19)3-2-4-15(11)22-18(23)8-24-17-6-5-12(7-14(17)20)16-9-25-10-21-16/h2-7,9-10H,8,20H2,1H3,(H,22,23). The molecule has 5 nitrogen and oxygen atoms in total. The molecule has 0 bridgehead atoms. The number of nitrogen functional groups attached to an aromatic ring is 1. The third-order valence-electron chi connectivity index (χ3n) is 3.64. The van der Waals surface area contributed by atoms with Crippen molar-refractivity contribution in [2.24, 2.45) is 0 Å². The Morgan fingerprint density at radius 3 is 2.92 bits per heavy atom. The van der Waals surface area contributed by atoms with E-state index in [2.05, 4.69) is 10.3 Å². The summed E-state index contributed by atoms with van der Waals surface area (Å²) in [4.78, 5) is 16.3. The van der Waals surface area contributed by atoms with Gasteiger partial charge < -0.3 is 15.8 Å². The van der Waals surface area contributed by atoms with Gasteiger partial charge in [-0.05, 0) is 42.8 Å². The van der Waals surface area contributed by atoms with Gasteiger partial charge in [0.15, 0.2) is 6.61 Å². The number of rotatable bonds is 5. The second-order valence-electron chi connectivity index (χ2n) is 5.38. The van der Waals surface area contributed by atoms with Gasteiger partial charge in [-0.15, -0.1) is 11.3 Å². The fourth-order valence-corrected chi connectivity index (χ4v) is 3.00. The lowest BCUT2D eigenvalue weighted by Gasteiger charge is -2.12. The molecule has 128 valence electrons. The average Bonchev–Trinajstić information content (AvgIpc) is 3.12. The predicted molar refractivity (Wildman–Crippen MR) is 102 cm³/mol. The van der Waals surface area contributed by atoms with Crippen LogP contribution >= 0.6 is 22.9 Å². The number of benzene rings is 2. The van der Waals surface area contributed by atoms with Gasteiger partial charge in [-0.3, -0.25) is 4.79 Å². The van der Waals surface area contributed by atoms with Crippen molar-refractivity contribution in [2.45, 2.75) is 6.92 Å². The summed E-state index contributed by atoms with van der Waals surface area (Å²) in [6.45, 7) is 1.69. The van der Waals surface area contributed by atoms with Crippen LogP contribution in [0.15, 0.2) is 47.3 Å². The summed E-state index contributed by atoms with van der Waals surface area (Å²) in [5.41, 5.74) is 11.5. The van der Waals surface area contributed by atoms with Gasteiger partial charge in [0.05, 0.1) is 16.9 Å². The van der Waals surface area contributed by atoms with E-state index in [9.17, 15) is 4.79 Å². The number of nitrogens with one attached hydrogen (secondary N) is 1. The molecule has 25 heavy (non-hydrogen) atoms. The number of carbonyl (C=O) groups is 1.